The lowest BCUT2D eigenvalue weighted by Crippen LogP contribution is -2.24. The second kappa shape index (κ2) is 8.53. The monoisotopic (exact) mass is 527 g/mol. The summed E-state index contributed by atoms with van der Waals surface area (Å²) in [4.78, 5) is 19.2. The second-order valence-corrected chi connectivity index (χ2v) is 11.1. The van der Waals surface area contributed by atoms with E-state index >= 15 is 0 Å². The largest absolute Gasteiger partial charge is 0.420 e. The maximum Gasteiger partial charge on any atom is 0.420 e. The molecule has 2 aromatic heterocycles. The van der Waals surface area contributed by atoms with Gasteiger partial charge in [-0.1, -0.05) is 0 Å². The van der Waals surface area contributed by atoms with E-state index in [-0.39, 0.29) is 38.6 Å². The molecule has 0 atom stereocenters. The summed E-state index contributed by atoms with van der Waals surface area (Å²) in [6, 6.07) is 3.93. The minimum absolute atomic E-state index is 0.000255. The van der Waals surface area contributed by atoms with E-state index in [4.69, 9.17) is 0 Å². The van der Waals surface area contributed by atoms with Crippen LogP contribution in [0.5, 0.6) is 0 Å². The zero-order chi connectivity index (χ0) is 25.0. The lowest BCUT2D eigenvalue weighted by molar-refractivity contribution is -0.137. The highest BCUT2D eigenvalue weighted by Gasteiger charge is 2.37. The van der Waals surface area contributed by atoms with Crippen LogP contribution in [0.3, 0.4) is 0 Å². The van der Waals surface area contributed by atoms with Crippen LogP contribution in [0.1, 0.15) is 26.4 Å². The van der Waals surface area contributed by atoms with Gasteiger partial charge in [0.05, 0.1) is 26.9 Å². The molecule has 2 aliphatic rings. The van der Waals surface area contributed by atoms with E-state index in [0.717, 1.165) is 17.2 Å². The first-order valence-electron chi connectivity index (χ1n) is 10.4. The fourth-order valence-electron chi connectivity index (χ4n) is 3.93. The zero-order valence-corrected chi connectivity index (χ0v) is 19.4. The van der Waals surface area contributed by atoms with Crippen molar-refractivity contribution in [1.29, 1.82) is 0 Å². The SMILES string of the molecule is O=C1NCCS(=O)(=O)c2cc(-c3nc(Nc4cc5c(cc4F)CNCC5)ncc3C(F)(F)F)sc21. The molecule has 35 heavy (non-hydrogen) atoms. The third-order valence-corrected chi connectivity index (χ3v) is 8.65. The number of sulfone groups is 1. The molecule has 8 nitrogen and oxygen atoms in total. The molecule has 2 aliphatic heterocycles. The highest BCUT2D eigenvalue weighted by atomic mass is 32.2. The number of thiophene rings is 1. The number of aromatic nitrogens is 2. The molecule has 0 spiro atoms. The molecule has 0 aliphatic carbocycles. The maximum absolute atomic E-state index is 14.6. The number of benzene rings is 1. The van der Waals surface area contributed by atoms with Crippen LogP contribution >= 0.6 is 11.3 Å². The number of fused-ring (bicyclic) bond motifs is 2. The first-order valence-corrected chi connectivity index (χ1v) is 12.9. The van der Waals surface area contributed by atoms with Crippen molar-refractivity contribution in [3.05, 3.63) is 51.8 Å². The van der Waals surface area contributed by atoms with Crippen molar-refractivity contribution < 1.29 is 30.8 Å². The summed E-state index contributed by atoms with van der Waals surface area (Å²) in [5, 5.41) is 8.18. The van der Waals surface area contributed by atoms with E-state index in [2.05, 4.69) is 25.9 Å². The average molecular weight is 528 g/mol. The van der Waals surface area contributed by atoms with Gasteiger partial charge in [0.15, 0.2) is 9.84 Å². The van der Waals surface area contributed by atoms with Gasteiger partial charge in [-0.05, 0) is 42.3 Å². The number of hydrogen-bond acceptors (Lipinski definition) is 8. The lowest BCUT2D eigenvalue weighted by Gasteiger charge is -2.19. The molecule has 3 N–H and O–H groups in total. The summed E-state index contributed by atoms with van der Waals surface area (Å²) in [6.45, 7) is 1.11. The molecule has 0 fully saturated rings. The van der Waals surface area contributed by atoms with Crippen molar-refractivity contribution >= 4 is 38.7 Å². The topological polar surface area (TPSA) is 113 Å². The third kappa shape index (κ3) is 4.48. The first kappa shape index (κ1) is 23.6. The van der Waals surface area contributed by atoms with Gasteiger partial charge in [-0.25, -0.2) is 22.8 Å². The standard InChI is InChI=1S/C21H17F4N5O3S2/c22-13-5-11-8-26-2-1-10(11)6-14(13)29-20-28-9-12(21(23,24)25)17(30-20)15-7-16-18(34-15)19(31)27-3-4-35(16,32)33/h5-7,9,26H,1-4,8H2,(H,27,31)(H,28,29,30). The molecule has 0 bridgehead atoms. The summed E-state index contributed by atoms with van der Waals surface area (Å²) in [6.07, 6.45) is -3.66. The van der Waals surface area contributed by atoms with Crippen molar-refractivity contribution in [2.24, 2.45) is 0 Å². The highest BCUT2D eigenvalue weighted by Crippen LogP contribution is 2.41. The van der Waals surface area contributed by atoms with Crippen LogP contribution in [-0.2, 0) is 29.0 Å². The number of nitrogens with one attached hydrogen (secondary N) is 3. The lowest BCUT2D eigenvalue weighted by atomic mass is 10.00. The molecule has 1 aromatic carbocycles. The smallest absolute Gasteiger partial charge is 0.350 e. The van der Waals surface area contributed by atoms with Crippen molar-refractivity contribution in [2.45, 2.75) is 24.0 Å². The molecule has 3 aromatic rings. The first-order chi connectivity index (χ1) is 16.5. The Hall–Kier alpha value is -3.10. The van der Waals surface area contributed by atoms with E-state index in [1.54, 1.807) is 6.07 Å². The fraction of sp³-hybridized carbons (Fsp3) is 0.286. The maximum atomic E-state index is 14.6. The van der Waals surface area contributed by atoms with Gasteiger partial charge in [0.25, 0.3) is 5.91 Å². The van der Waals surface area contributed by atoms with Gasteiger partial charge in [-0.2, -0.15) is 13.2 Å². The average Bonchev–Trinajstić information content (AvgIpc) is 3.21. The summed E-state index contributed by atoms with van der Waals surface area (Å²) in [5.74, 6) is -2.00. The second-order valence-electron chi connectivity index (χ2n) is 7.98. The fourth-order valence-corrected chi connectivity index (χ4v) is 6.74. The van der Waals surface area contributed by atoms with Crippen LogP contribution in [0.15, 0.2) is 29.3 Å². The highest BCUT2D eigenvalue weighted by molar-refractivity contribution is 7.91. The summed E-state index contributed by atoms with van der Waals surface area (Å²) >= 11 is 0.589. The van der Waals surface area contributed by atoms with E-state index in [9.17, 15) is 30.8 Å². The number of anilines is 2. The third-order valence-electron chi connectivity index (χ3n) is 5.65. The number of amides is 1. The number of halogens is 4. The molecule has 184 valence electrons. The van der Waals surface area contributed by atoms with Gasteiger partial charge in [-0.15, -0.1) is 11.3 Å². The number of nitrogens with zero attached hydrogens (tertiary/aromatic N) is 2. The summed E-state index contributed by atoms with van der Waals surface area (Å²) in [7, 11) is -3.89. The van der Waals surface area contributed by atoms with Gasteiger partial charge in [0.1, 0.15) is 16.3 Å². The molecule has 4 heterocycles. The normalized spacial score (nSPS) is 17.2. The summed E-state index contributed by atoms with van der Waals surface area (Å²) < 4.78 is 81.0. The van der Waals surface area contributed by atoms with Crippen molar-refractivity contribution in [3.63, 3.8) is 0 Å². The Morgan fingerprint density at radius 3 is 2.69 bits per heavy atom. The van der Waals surface area contributed by atoms with Crippen LogP contribution in [0.4, 0.5) is 29.2 Å². The Balaban J connectivity index is 1.60. The Labute approximate surface area is 200 Å². The number of alkyl halides is 3. The van der Waals surface area contributed by atoms with Crippen molar-refractivity contribution in [2.75, 3.05) is 24.2 Å². The van der Waals surface area contributed by atoms with E-state index < -0.39 is 39.0 Å². The molecule has 14 heteroatoms. The zero-order valence-electron chi connectivity index (χ0n) is 17.8. The van der Waals surface area contributed by atoms with E-state index in [0.29, 0.717) is 37.0 Å². The van der Waals surface area contributed by atoms with Crippen LogP contribution in [-0.4, -0.2) is 43.1 Å². The van der Waals surface area contributed by atoms with E-state index in [1.807, 2.05) is 0 Å². The quantitative estimate of drug-likeness (QED) is 0.448. The number of rotatable bonds is 3. The molecular formula is C21H17F4N5O3S2. The molecule has 0 saturated carbocycles. The van der Waals surface area contributed by atoms with Gasteiger partial charge >= 0.3 is 6.18 Å². The molecule has 1 amide bonds. The predicted molar refractivity (Wildman–Crippen MR) is 120 cm³/mol. The minimum Gasteiger partial charge on any atom is -0.350 e. The number of hydrogen-bond donors (Lipinski definition) is 3. The minimum atomic E-state index is -4.86. The molecule has 0 radical (unpaired) electrons. The van der Waals surface area contributed by atoms with Crippen LogP contribution in [0.25, 0.3) is 10.6 Å². The van der Waals surface area contributed by atoms with Gasteiger partial charge < -0.3 is 16.0 Å². The van der Waals surface area contributed by atoms with Gasteiger partial charge in [-0.3, -0.25) is 4.79 Å². The Bertz CT molecular complexity index is 1450. The van der Waals surface area contributed by atoms with Gasteiger partial charge in [0.2, 0.25) is 5.95 Å². The van der Waals surface area contributed by atoms with Crippen molar-refractivity contribution in [3.8, 4) is 10.6 Å². The number of carbonyl (C=O) groups is 1. The van der Waals surface area contributed by atoms with E-state index in [1.165, 1.54) is 6.07 Å². The Morgan fingerprint density at radius 1 is 1.11 bits per heavy atom. The molecule has 5 rings (SSSR count). The Morgan fingerprint density at radius 2 is 1.91 bits per heavy atom. The van der Waals surface area contributed by atoms with Crippen LogP contribution in [0, 0.1) is 5.82 Å². The number of carbonyl (C=O) groups excluding carboxylic acids is 1. The molecule has 0 saturated heterocycles. The molecule has 0 unspecified atom stereocenters. The summed E-state index contributed by atoms with van der Waals surface area (Å²) in [5.41, 5.74) is -0.154. The van der Waals surface area contributed by atoms with Crippen LogP contribution in [0.2, 0.25) is 0 Å². The molecular weight excluding hydrogens is 510 g/mol. The van der Waals surface area contributed by atoms with Gasteiger partial charge in [0, 0.05) is 19.3 Å². The Kier molecular flexibility index (Phi) is 5.76. The van der Waals surface area contributed by atoms with Crippen LogP contribution < -0.4 is 16.0 Å². The van der Waals surface area contributed by atoms with Crippen molar-refractivity contribution in [1.82, 2.24) is 20.6 Å². The predicted octanol–water partition coefficient (Wildman–Crippen LogP) is 3.27.